The summed E-state index contributed by atoms with van der Waals surface area (Å²) in [7, 11) is 1.97. The Morgan fingerprint density at radius 1 is 1.36 bits per heavy atom. The third-order valence-electron chi connectivity index (χ3n) is 3.12. The Labute approximate surface area is 136 Å². The zero-order chi connectivity index (χ0) is 15.5. The summed E-state index contributed by atoms with van der Waals surface area (Å²) in [5.74, 6) is -0.176. The molecule has 0 amide bonds. The van der Waals surface area contributed by atoms with Crippen LogP contribution in [0.3, 0.4) is 0 Å². The molecule has 0 unspecified atom stereocenters. The fourth-order valence-electron chi connectivity index (χ4n) is 2.11. The van der Waals surface area contributed by atoms with Gasteiger partial charge in [0.25, 0.3) is 4.84 Å². The molecule has 114 valence electrons. The number of hydrogen-bond donors (Lipinski definition) is 0. The Bertz CT molecular complexity index is 810. The number of hydrogen-bond acceptors (Lipinski definition) is 5. The van der Waals surface area contributed by atoms with E-state index in [2.05, 4.69) is 21.4 Å². The molecule has 3 rings (SSSR count). The van der Waals surface area contributed by atoms with Gasteiger partial charge in [0.2, 0.25) is 5.89 Å². The van der Waals surface area contributed by atoms with Crippen LogP contribution in [0.1, 0.15) is 5.56 Å². The molecule has 0 saturated heterocycles. The fourth-order valence-corrected chi connectivity index (χ4v) is 2.95. The standard InChI is InChI=1S/C15H14FN3OS2/c1-18(8-11-6-7-22-9-11)10-19-15(21)20-14(17-19)12-4-2-3-5-13(12)16/h2-7,9H,8,10H2,1H3. The highest BCUT2D eigenvalue weighted by Crippen LogP contribution is 2.21. The van der Waals surface area contributed by atoms with Crippen molar-refractivity contribution in [2.75, 3.05) is 7.05 Å². The van der Waals surface area contributed by atoms with Crippen molar-refractivity contribution in [2.24, 2.45) is 0 Å². The smallest absolute Gasteiger partial charge is 0.288 e. The van der Waals surface area contributed by atoms with Gasteiger partial charge in [-0.15, -0.1) is 5.10 Å². The van der Waals surface area contributed by atoms with Crippen LogP contribution in [0, 0.1) is 10.7 Å². The first kappa shape index (κ1) is 15.1. The SMILES string of the molecule is CN(Cc1ccsc1)Cn1nc(-c2ccccc2F)oc1=S. The topological polar surface area (TPSA) is 34.2 Å². The Morgan fingerprint density at radius 2 is 2.18 bits per heavy atom. The maximum atomic E-state index is 13.8. The van der Waals surface area contributed by atoms with Crippen LogP contribution in [0.2, 0.25) is 0 Å². The summed E-state index contributed by atoms with van der Waals surface area (Å²) in [6.45, 7) is 1.26. The average molecular weight is 335 g/mol. The molecule has 0 aliphatic carbocycles. The summed E-state index contributed by atoms with van der Waals surface area (Å²) in [5, 5.41) is 8.42. The van der Waals surface area contributed by atoms with E-state index in [4.69, 9.17) is 16.6 Å². The third kappa shape index (κ3) is 3.32. The predicted octanol–water partition coefficient (Wildman–Crippen LogP) is 4.16. The van der Waals surface area contributed by atoms with E-state index in [0.29, 0.717) is 12.2 Å². The van der Waals surface area contributed by atoms with Gasteiger partial charge in [0, 0.05) is 6.54 Å². The van der Waals surface area contributed by atoms with Gasteiger partial charge in [-0.3, -0.25) is 4.90 Å². The molecule has 4 nitrogen and oxygen atoms in total. The molecule has 0 radical (unpaired) electrons. The Balaban J connectivity index is 1.78. The highest BCUT2D eigenvalue weighted by atomic mass is 32.1. The first-order chi connectivity index (χ1) is 10.6. The summed E-state index contributed by atoms with van der Waals surface area (Å²) >= 11 is 6.83. The van der Waals surface area contributed by atoms with Gasteiger partial charge in [-0.2, -0.15) is 11.3 Å². The largest absolute Gasteiger partial charge is 0.409 e. The van der Waals surface area contributed by atoms with E-state index in [1.165, 1.54) is 11.6 Å². The summed E-state index contributed by atoms with van der Waals surface area (Å²) in [5.41, 5.74) is 1.55. The van der Waals surface area contributed by atoms with E-state index in [1.807, 2.05) is 12.4 Å². The summed E-state index contributed by atoms with van der Waals surface area (Å²) in [4.78, 5) is 2.29. The molecule has 0 fully saturated rings. The van der Waals surface area contributed by atoms with Crippen molar-refractivity contribution in [3.8, 4) is 11.5 Å². The first-order valence-electron chi connectivity index (χ1n) is 6.66. The van der Waals surface area contributed by atoms with Crippen molar-refractivity contribution in [3.05, 3.63) is 57.3 Å². The second-order valence-corrected chi connectivity index (χ2v) is 6.07. The monoisotopic (exact) mass is 335 g/mol. The lowest BCUT2D eigenvalue weighted by Crippen LogP contribution is -2.22. The van der Waals surface area contributed by atoms with Crippen molar-refractivity contribution < 1.29 is 8.81 Å². The molecular formula is C15H14FN3OS2. The molecule has 22 heavy (non-hydrogen) atoms. The van der Waals surface area contributed by atoms with E-state index in [1.54, 1.807) is 34.2 Å². The van der Waals surface area contributed by atoms with Crippen molar-refractivity contribution in [1.29, 1.82) is 0 Å². The number of thiophene rings is 1. The minimum atomic E-state index is -0.377. The highest BCUT2D eigenvalue weighted by Gasteiger charge is 2.13. The van der Waals surface area contributed by atoms with E-state index < -0.39 is 0 Å². The van der Waals surface area contributed by atoms with E-state index in [0.717, 1.165) is 6.54 Å². The van der Waals surface area contributed by atoms with Gasteiger partial charge >= 0.3 is 0 Å². The molecule has 3 aromatic rings. The van der Waals surface area contributed by atoms with Gasteiger partial charge in [-0.05, 0) is 53.8 Å². The highest BCUT2D eigenvalue weighted by molar-refractivity contribution is 7.71. The lowest BCUT2D eigenvalue weighted by molar-refractivity contribution is 0.241. The van der Waals surface area contributed by atoms with Crippen LogP contribution < -0.4 is 0 Å². The molecule has 0 aliphatic rings. The zero-order valence-electron chi connectivity index (χ0n) is 11.9. The molecule has 1 aromatic carbocycles. The minimum Gasteiger partial charge on any atom is -0.409 e. The molecular weight excluding hydrogens is 321 g/mol. The van der Waals surface area contributed by atoms with Crippen molar-refractivity contribution in [1.82, 2.24) is 14.7 Å². The quantitative estimate of drug-likeness (QED) is 0.656. The Kier molecular flexibility index (Phi) is 4.47. The van der Waals surface area contributed by atoms with Crippen LogP contribution in [-0.4, -0.2) is 21.7 Å². The van der Waals surface area contributed by atoms with Gasteiger partial charge in [-0.1, -0.05) is 12.1 Å². The van der Waals surface area contributed by atoms with Crippen LogP contribution >= 0.6 is 23.6 Å². The van der Waals surface area contributed by atoms with Gasteiger partial charge < -0.3 is 4.42 Å². The third-order valence-corrected chi connectivity index (χ3v) is 4.14. The van der Waals surface area contributed by atoms with Crippen molar-refractivity contribution in [3.63, 3.8) is 0 Å². The second-order valence-electron chi connectivity index (χ2n) is 4.94. The van der Waals surface area contributed by atoms with Gasteiger partial charge in [0.15, 0.2) is 0 Å². The molecule has 0 bridgehead atoms. The van der Waals surface area contributed by atoms with Crippen LogP contribution in [0.25, 0.3) is 11.5 Å². The number of benzene rings is 1. The second kappa shape index (κ2) is 6.51. The minimum absolute atomic E-state index is 0.201. The summed E-state index contributed by atoms with van der Waals surface area (Å²) in [6.07, 6.45) is 0. The molecule has 2 aromatic heterocycles. The molecule has 0 spiro atoms. The number of nitrogens with zero attached hydrogens (tertiary/aromatic N) is 3. The summed E-state index contributed by atoms with van der Waals surface area (Å²) < 4.78 is 20.8. The average Bonchev–Trinajstić information content (AvgIpc) is 3.10. The molecule has 7 heteroatoms. The van der Waals surface area contributed by atoms with Crippen LogP contribution in [-0.2, 0) is 13.2 Å². The normalized spacial score (nSPS) is 11.2. The van der Waals surface area contributed by atoms with Crippen molar-refractivity contribution in [2.45, 2.75) is 13.2 Å². The lowest BCUT2D eigenvalue weighted by Gasteiger charge is -2.14. The first-order valence-corrected chi connectivity index (χ1v) is 8.01. The number of rotatable bonds is 5. The van der Waals surface area contributed by atoms with Crippen LogP contribution in [0.4, 0.5) is 4.39 Å². The van der Waals surface area contributed by atoms with E-state index in [-0.39, 0.29) is 16.5 Å². The van der Waals surface area contributed by atoms with Crippen LogP contribution in [0.5, 0.6) is 0 Å². The molecule has 0 aliphatic heterocycles. The van der Waals surface area contributed by atoms with Crippen LogP contribution in [0.15, 0.2) is 45.5 Å². The molecule has 2 heterocycles. The maximum Gasteiger partial charge on any atom is 0.288 e. The maximum absolute atomic E-state index is 13.8. The van der Waals surface area contributed by atoms with E-state index in [9.17, 15) is 4.39 Å². The predicted molar refractivity (Wildman–Crippen MR) is 86.5 cm³/mol. The zero-order valence-corrected chi connectivity index (χ0v) is 13.5. The molecule has 0 saturated carbocycles. The molecule has 0 atom stereocenters. The lowest BCUT2D eigenvalue weighted by atomic mass is 10.2. The van der Waals surface area contributed by atoms with E-state index >= 15 is 0 Å². The number of aromatic nitrogens is 2. The van der Waals surface area contributed by atoms with Gasteiger partial charge in [0.05, 0.1) is 12.2 Å². The summed E-state index contributed by atoms with van der Waals surface area (Å²) in [6, 6.07) is 8.43. The number of halogens is 1. The Morgan fingerprint density at radius 3 is 2.91 bits per heavy atom. The molecule has 0 N–H and O–H groups in total. The van der Waals surface area contributed by atoms with Crippen molar-refractivity contribution >= 4 is 23.6 Å². The Hall–Kier alpha value is -1.83. The van der Waals surface area contributed by atoms with Gasteiger partial charge in [-0.25, -0.2) is 9.07 Å². The fraction of sp³-hybridized carbons (Fsp3) is 0.200. The van der Waals surface area contributed by atoms with Gasteiger partial charge in [0.1, 0.15) is 5.82 Å².